The van der Waals surface area contributed by atoms with Crippen LogP contribution >= 0.6 is 11.6 Å². The first-order valence-electron chi connectivity index (χ1n) is 7.39. The van der Waals surface area contributed by atoms with Crippen LogP contribution in [-0.4, -0.2) is 39.0 Å². The standard InChI is InChI=1S/C16H25ClN2O4/c1-16(2,3)23-15(20)19-8-6-7-18-12-10-14(22-5)13(21-4)9-11(12)17/h9-10,18H,6-8H2,1-5H3,(H,19,20). The van der Waals surface area contributed by atoms with E-state index in [2.05, 4.69) is 10.6 Å². The van der Waals surface area contributed by atoms with Gasteiger partial charge in [0.15, 0.2) is 11.5 Å². The van der Waals surface area contributed by atoms with Crippen LogP contribution < -0.4 is 20.1 Å². The number of hydrogen-bond donors (Lipinski definition) is 2. The zero-order chi connectivity index (χ0) is 17.5. The summed E-state index contributed by atoms with van der Waals surface area (Å²) in [5, 5.41) is 6.45. The van der Waals surface area contributed by atoms with Crippen LogP contribution in [0, 0.1) is 0 Å². The average Bonchev–Trinajstić information content (AvgIpc) is 2.46. The van der Waals surface area contributed by atoms with E-state index in [4.69, 9.17) is 25.8 Å². The van der Waals surface area contributed by atoms with Gasteiger partial charge in [-0.05, 0) is 27.2 Å². The molecule has 1 amide bonds. The molecule has 130 valence electrons. The van der Waals surface area contributed by atoms with Crippen molar-refractivity contribution in [3.63, 3.8) is 0 Å². The minimum Gasteiger partial charge on any atom is -0.493 e. The summed E-state index contributed by atoms with van der Waals surface area (Å²) in [6, 6.07) is 3.48. The van der Waals surface area contributed by atoms with Gasteiger partial charge >= 0.3 is 6.09 Å². The largest absolute Gasteiger partial charge is 0.493 e. The van der Waals surface area contributed by atoms with Gasteiger partial charge in [0.25, 0.3) is 0 Å². The predicted octanol–water partition coefficient (Wildman–Crippen LogP) is 3.68. The molecule has 0 unspecified atom stereocenters. The highest BCUT2D eigenvalue weighted by molar-refractivity contribution is 6.33. The van der Waals surface area contributed by atoms with Crippen LogP contribution in [0.3, 0.4) is 0 Å². The van der Waals surface area contributed by atoms with Crippen LogP contribution in [0.25, 0.3) is 0 Å². The summed E-state index contributed by atoms with van der Waals surface area (Å²) < 4.78 is 15.6. The molecule has 0 aliphatic heterocycles. The molecule has 0 spiro atoms. The Labute approximate surface area is 142 Å². The van der Waals surface area contributed by atoms with E-state index in [0.717, 1.165) is 12.1 Å². The second kappa shape index (κ2) is 8.72. The number of amides is 1. The number of rotatable bonds is 7. The minimum absolute atomic E-state index is 0.415. The van der Waals surface area contributed by atoms with E-state index < -0.39 is 11.7 Å². The third kappa shape index (κ3) is 6.86. The van der Waals surface area contributed by atoms with Crippen molar-refractivity contribution in [1.29, 1.82) is 0 Å². The van der Waals surface area contributed by atoms with Crippen LogP contribution in [0.2, 0.25) is 5.02 Å². The maximum absolute atomic E-state index is 11.5. The third-order valence-electron chi connectivity index (χ3n) is 2.81. The van der Waals surface area contributed by atoms with Crippen LogP contribution in [0.5, 0.6) is 11.5 Å². The second-order valence-corrected chi connectivity index (χ2v) is 6.30. The van der Waals surface area contributed by atoms with Gasteiger partial charge in [-0.15, -0.1) is 0 Å². The summed E-state index contributed by atoms with van der Waals surface area (Å²) in [6.07, 6.45) is 0.311. The summed E-state index contributed by atoms with van der Waals surface area (Å²) in [4.78, 5) is 11.5. The molecule has 6 nitrogen and oxygen atoms in total. The van der Waals surface area contributed by atoms with Gasteiger partial charge in [0.1, 0.15) is 5.60 Å². The Morgan fingerprint density at radius 1 is 1.13 bits per heavy atom. The molecule has 1 aromatic rings. The van der Waals surface area contributed by atoms with Gasteiger partial charge in [-0.3, -0.25) is 0 Å². The lowest BCUT2D eigenvalue weighted by Crippen LogP contribution is -2.33. The van der Waals surface area contributed by atoms with Crippen LogP contribution in [0.4, 0.5) is 10.5 Å². The molecule has 0 saturated carbocycles. The molecule has 0 bridgehead atoms. The first-order chi connectivity index (χ1) is 10.8. The average molecular weight is 345 g/mol. The van der Waals surface area contributed by atoms with Gasteiger partial charge in [-0.1, -0.05) is 11.6 Å². The molecule has 2 N–H and O–H groups in total. The Hall–Kier alpha value is -1.82. The van der Waals surface area contributed by atoms with Crippen molar-refractivity contribution in [2.75, 3.05) is 32.6 Å². The highest BCUT2D eigenvalue weighted by Gasteiger charge is 2.15. The lowest BCUT2D eigenvalue weighted by atomic mass is 10.2. The number of alkyl carbamates (subject to hydrolysis) is 1. The summed E-state index contributed by atoms with van der Waals surface area (Å²) in [5.74, 6) is 1.18. The van der Waals surface area contributed by atoms with E-state index in [9.17, 15) is 4.79 Å². The fourth-order valence-corrected chi connectivity index (χ4v) is 2.03. The number of nitrogens with one attached hydrogen (secondary N) is 2. The van der Waals surface area contributed by atoms with Gasteiger partial charge in [0.2, 0.25) is 0 Å². The molecule has 0 atom stereocenters. The number of halogens is 1. The first kappa shape index (κ1) is 19.2. The monoisotopic (exact) mass is 344 g/mol. The number of hydrogen-bond acceptors (Lipinski definition) is 5. The van der Waals surface area contributed by atoms with E-state index in [1.54, 1.807) is 26.4 Å². The fourth-order valence-electron chi connectivity index (χ4n) is 1.81. The van der Waals surface area contributed by atoms with Crippen molar-refractivity contribution < 1.29 is 19.0 Å². The molecule has 1 aromatic carbocycles. The minimum atomic E-state index is -0.491. The topological polar surface area (TPSA) is 68.8 Å². The first-order valence-corrected chi connectivity index (χ1v) is 7.77. The fraction of sp³-hybridized carbons (Fsp3) is 0.562. The van der Waals surface area contributed by atoms with Crippen molar-refractivity contribution in [3.8, 4) is 11.5 Å². The number of ether oxygens (including phenoxy) is 3. The number of carbonyl (C=O) groups excluding carboxylic acids is 1. The molecule has 1 rings (SSSR count). The predicted molar refractivity (Wildman–Crippen MR) is 91.9 cm³/mol. The van der Waals surface area contributed by atoms with E-state index in [0.29, 0.717) is 29.6 Å². The summed E-state index contributed by atoms with van der Waals surface area (Å²) >= 11 is 6.19. The Balaban J connectivity index is 2.40. The molecule has 0 fully saturated rings. The van der Waals surface area contributed by atoms with Gasteiger partial charge in [-0.2, -0.15) is 0 Å². The van der Waals surface area contributed by atoms with E-state index >= 15 is 0 Å². The van der Waals surface area contributed by atoms with Gasteiger partial charge in [0, 0.05) is 25.2 Å². The molecule has 0 aliphatic rings. The lowest BCUT2D eigenvalue weighted by Gasteiger charge is -2.19. The van der Waals surface area contributed by atoms with Crippen molar-refractivity contribution in [2.24, 2.45) is 0 Å². The Morgan fingerprint density at radius 3 is 2.30 bits per heavy atom. The molecule has 7 heteroatoms. The lowest BCUT2D eigenvalue weighted by molar-refractivity contribution is 0.0528. The van der Waals surface area contributed by atoms with Crippen LogP contribution in [-0.2, 0) is 4.74 Å². The zero-order valence-corrected chi connectivity index (χ0v) is 15.0. The molecule has 0 heterocycles. The van der Waals surface area contributed by atoms with Crippen LogP contribution in [0.1, 0.15) is 27.2 Å². The molecule has 23 heavy (non-hydrogen) atoms. The Morgan fingerprint density at radius 2 is 1.74 bits per heavy atom. The molecular weight excluding hydrogens is 320 g/mol. The molecule has 0 saturated heterocycles. The molecule has 0 radical (unpaired) electrons. The number of anilines is 1. The van der Waals surface area contributed by atoms with Crippen molar-refractivity contribution in [2.45, 2.75) is 32.8 Å². The Bertz CT molecular complexity index is 530. The van der Waals surface area contributed by atoms with Gasteiger partial charge < -0.3 is 24.8 Å². The van der Waals surface area contributed by atoms with Gasteiger partial charge in [0.05, 0.1) is 24.9 Å². The highest BCUT2D eigenvalue weighted by Crippen LogP contribution is 2.35. The van der Waals surface area contributed by atoms with Crippen molar-refractivity contribution in [3.05, 3.63) is 17.2 Å². The van der Waals surface area contributed by atoms with Crippen molar-refractivity contribution >= 4 is 23.4 Å². The SMILES string of the molecule is COc1cc(Cl)c(NCCCNC(=O)OC(C)(C)C)cc1OC. The maximum Gasteiger partial charge on any atom is 0.407 e. The zero-order valence-electron chi connectivity index (χ0n) is 14.3. The number of benzene rings is 1. The number of carbonyl (C=O) groups is 1. The molecule has 0 aliphatic carbocycles. The summed E-state index contributed by atoms with van der Waals surface area (Å²) in [6.45, 7) is 6.63. The quantitative estimate of drug-likeness (QED) is 0.738. The smallest absolute Gasteiger partial charge is 0.407 e. The van der Waals surface area contributed by atoms with Gasteiger partial charge in [-0.25, -0.2) is 4.79 Å². The normalized spacial score (nSPS) is 10.9. The molecule has 0 aromatic heterocycles. The summed E-state index contributed by atoms with van der Waals surface area (Å²) in [5.41, 5.74) is 0.261. The summed E-state index contributed by atoms with van der Waals surface area (Å²) in [7, 11) is 3.13. The van der Waals surface area contributed by atoms with Crippen LogP contribution in [0.15, 0.2) is 12.1 Å². The third-order valence-corrected chi connectivity index (χ3v) is 3.12. The van der Waals surface area contributed by atoms with E-state index in [1.165, 1.54) is 0 Å². The van der Waals surface area contributed by atoms with E-state index in [-0.39, 0.29) is 0 Å². The van der Waals surface area contributed by atoms with Crippen molar-refractivity contribution in [1.82, 2.24) is 5.32 Å². The maximum atomic E-state index is 11.5. The molecular formula is C16H25ClN2O4. The second-order valence-electron chi connectivity index (χ2n) is 5.90. The van der Waals surface area contributed by atoms with E-state index in [1.807, 2.05) is 20.8 Å². The number of methoxy groups -OCH3 is 2. The highest BCUT2D eigenvalue weighted by atomic mass is 35.5. The Kier molecular flexibility index (Phi) is 7.29.